The molecule has 0 aliphatic heterocycles. The predicted octanol–water partition coefficient (Wildman–Crippen LogP) is 4.44. The summed E-state index contributed by atoms with van der Waals surface area (Å²) in [6.45, 7) is 0. The molecule has 0 unspecified atom stereocenters. The Morgan fingerprint density at radius 1 is 1.11 bits per heavy atom. The van der Waals surface area contributed by atoms with Crippen LogP contribution in [0.4, 0.5) is 5.69 Å². The minimum Gasteiger partial charge on any atom is -0.478 e. The quantitative estimate of drug-likeness (QED) is 0.851. The Hall–Kier alpha value is -1.84. The van der Waals surface area contributed by atoms with Crippen LogP contribution < -0.4 is 0 Å². The van der Waals surface area contributed by atoms with Crippen LogP contribution in [0.25, 0.3) is 0 Å². The second-order valence-electron chi connectivity index (χ2n) is 3.78. The summed E-state index contributed by atoms with van der Waals surface area (Å²) in [6, 6.07) is 11.4. The molecule has 0 aliphatic carbocycles. The van der Waals surface area contributed by atoms with E-state index in [9.17, 15) is 4.79 Å². The van der Waals surface area contributed by atoms with Gasteiger partial charge in [0.15, 0.2) is 0 Å². The highest BCUT2D eigenvalue weighted by atomic mass is 35.5. The van der Waals surface area contributed by atoms with Crippen LogP contribution in [0.15, 0.2) is 47.5 Å². The zero-order chi connectivity index (χ0) is 13.8. The lowest BCUT2D eigenvalue weighted by Gasteiger charge is -1.99. The van der Waals surface area contributed by atoms with Crippen molar-refractivity contribution >= 4 is 41.1 Å². The third kappa shape index (κ3) is 3.56. The smallest absolute Gasteiger partial charge is 0.335 e. The van der Waals surface area contributed by atoms with E-state index in [0.29, 0.717) is 15.7 Å². The van der Waals surface area contributed by atoms with Crippen molar-refractivity contribution in [2.24, 2.45) is 4.99 Å². The number of hydrogen-bond donors (Lipinski definition) is 1. The Morgan fingerprint density at radius 3 is 2.37 bits per heavy atom. The van der Waals surface area contributed by atoms with E-state index in [1.807, 2.05) is 0 Å². The van der Waals surface area contributed by atoms with Crippen molar-refractivity contribution in [1.29, 1.82) is 0 Å². The van der Waals surface area contributed by atoms with Crippen molar-refractivity contribution in [3.05, 3.63) is 63.6 Å². The first kappa shape index (κ1) is 13.6. The summed E-state index contributed by atoms with van der Waals surface area (Å²) in [4.78, 5) is 14.9. The summed E-state index contributed by atoms with van der Waals surface area (Å²) in [5, 5.41) is 9.80. The van der Waals surface area contributed by atoms with Gasteiger partial charge in [-0.2, -0.15) is 0 Å². The molecular weight excluding hydrogens is 285 g/mol. The van der Waals surface area contributed by atoms with Crippen LogP contribution in [0.5, 0.6) is 0 Å². The number of rotatable bonds is 3. The Bertz CT molecular complexity index is 636. The van der Waals surface area contributed by atoms with Crippen molar-refractivity contribution < 1.29 is 9.90 Å². The van der Waals surface area contributed by atoms with Crippen LogP contribution in [0.2, 0.25) is 10.0 Å². The maximum Gasteiger partial charge on any atom is 0.335 e. The molecule has 3 nitrogen and oxygen atoms in total. The molecule has 0 amide bonds. The molecule has 2 aromatic rings. The average molecular weight is 294 g/mol. The van der Waals surface area contributed by atoms with E-state index in [1.165, 1.54) is 12.1 Å². The van der Waals surface area contributed by atoms with Gasteiger partial charge in [-0.25, -0.2) is 4.79 Å². The first-order valence-corrected chi connectivity index (χ1v) is 6.14. The van der Waals surface area contributed by atoms with Gasteiger partial charge in [-0.1, -0.05) is 35.3 Å². The highest BCUT2D eigenvalue weighted by molar-refractivity contribution is 6.36. The number of carbonyl (C=O) groups is 1. The highest BCUT2D eigenvalue weighted by Crippen LogP contribution is 2.27. The van der Waals surface area contributed by atoms with Crippen LogP contribution in [0.3, 0.4) is 0 Å². The SMILES string of the molecule is O=C(O)c1ccc(/C=N/c2ccc(Cl)cc2Cl)cc1. The van der Waals surface area contributed by atoms with Crippen LogP contribution in [-0.4, -0.2) is 17.3 Å². The number of carboxylic acid groups (broad SMARTS) is 1. The summed E-state index contributed by atoms with van der Waals surface area (Å²) >= 11 is 11.8. The fourth-order valence-corrected chi connectivity index (χ4v) is 1.90. The van der Waals surface area contributed by atoms with E-state index in [-0.39, 0.29) is 5.56 Å². The maximum absolute atomic E-state index is 10.7. The summed E-state index contributed by atoms with van der Waals surface area (Å²) in [5.41, 5.74) is 1.63. The Balaban J connectivity index is 2.20. The molecule has 0 fully saturated rings. The first-order valence-electron chi connectivity index (χ1n) is 5.39. The van der Waals surface area contributed by atoms with Gasteiger partial charge in [-0.3, -0.25) is 4.99 Å². The third-order valence-corrected chi connectivity index (χ3v) is 2.96. The average Bonchev–Trinajstić information content (AvgIpc) is 2.38. The van der Waals surface area contributed by atoms with E-state index in [4.69, 9.17) is 28.3 Å². The van der Waals surface area contributed by atoms with Gasteiger partial charge in [0.2, 0.25) is 0 Å². The molecule has 0 atom stereocenters. The molecule has 0 heterocycles. The lowest BCUT2D eigenvalue weighted by atomic mass is 10.1. The van der Waals surface area contributed by atoms with Crippen LogP contribution >= 0.6 is 23.2 Å². The van der Waals surface area contributed by atoms with E-state index < -0.39 is 5.97 Å². The van der Waals surface area contributed by atoms with Gasteiger partial charge < -0.3 is 5.11 Å². The fourth-order valence-electron chi connectivity index (χ4n) is 1.44. The number of benzene rings is 2. The molecule has 0 bridgehead atoms. The van der Waals surface area contributed by atoms with Crippen LogP contribution in [0.1, 0.15) is 15.9 Å². The largest absolute Gasteiger partial charge is 0.478 e. The third-order valence-electron chi connectivity index (χ3n) is 2.42. The number of hydrogen-bond acceptors (Lipinski definition) is 2. The molecule has 1 N–H and O–H groups in total. The van der Waals surface area contributed by atoms with Crippen molar-refractivity contribution in [2.45, 2.75) is 0 Å². The summed E-state index contributed by atoms with van der Waals surface area (Å²) in [6.07, 6.45) is 1.61. The van der Waals surface area contributed by atoms with Crippen molar-refractivity contribution in [3.8, 4) is 0 Å². The van der Waals surface area contributed by atoms with Gasteiger partial charge >= 0.3 is 5.97 Å². The maximum atomic E-state index is 10.7. The Kier molecular flexibility index (Phi) is 4.20. The Labute approximate surface area is 120 Å². The molecule has 5 heteroatoms. The molecule has 96 valence electrons. The monoisotopic (exact) mass is 293 g/mol. The molecule has 0 radical (unpaired) electrons. The minimum absolute atomic E-state index is 0.238. The molecular formula is C14H9Cl2NO2. The number of aromatic carboxylic acids is 1. The second kappa shape index (κ2) is 5.87. The standard InChI is InChI=1S/C14H9Cl2NO2/c15-11-5-6-13(12(16)7-11)17-8-9-1-3-10(4-2-9)14(18)19/h1-8H,(H,18,19)/b17-8+. The van der Waals surface area contributed by atoms with Crippen molar-refractivity contribution in [1.82, 2.24) is 0 Å². The molecule has 19 heavy (non-hydrogen) atoms. The highest BCUT2D eigenvalue weighted by Gasteiger charge is 2.01. The lowest BCUT2D eigenvalue weighted by Crippen LogP contribution is -1.95. The zero-order valence-electron chi connectivity index (χ0n) is 9.68. The number of aliphatic imine (C=N–C) groups is 1. The molecule has 2 aromatic carbocycles. The normalized spacial score (nSPS) is 10.8. The molecule has 0 saturated heterocycles. The number of nitrogens with zero attached hydrogens (tertiary/aromatic N) is 1. The van der Waals surface area contributed by atoms with Crippen LogP contribution in [-0.2, 0) is 0 Å². The zero-order valence-corrected chi connectivity index (χ0v) is 11.2. The van der Waals surface area contributed by atoms with E-state index >= 15 is 0 Å². The van der Waals surface area contributed by atoms with Gasteiger partial charge in [0, 0.05) is 11.2 Å². The number of carboxylic acids is 1. The topological polar surface area (TPSA) is 49.7 Å². The van der Waals surface area contributed by atoms with Crippen LogP contribution in [0, 0.1) is 0 Å². The fraction of sp³-hybridized carbons (Fsp3) is 0. The van der Waals surface area contributed by atoms with Gasteiger partial charge in [0.25, 0.3) is 0 Å². The van der Waals surface area contributed by atoms with Gasteiger partial charge in [0.1, 0.15) is 0 Å². The second-order valence-corrected chi connectivity index (χ2v) is 4.62. The molecule has 0 aromatic heterocycles. The van der Waals surface area contributed by atoms with Crippen molar-refractivity contribution in [2.75, 3.05) is 0 Å². The molecule has 0 saturated carbocycles. The predicted molar refractivity (Wildman–Crippen MR) is 77.1 cm³/mol. The number of halogens is 2. The molecule has 0 aliphatic rings. The summed E-state index contributed by atoms with van der Waals surface area (Å²) in [7, 11) is 0. The van der Waals surface area contributed by atoms with E-state index in [0.717, 1.165) is 5.56 Å². The van der Waals surface area contributed by atoms with Gasteiger partial charge in [-0.05, 0) is 35.9 Å². The van der Waals surface area contributed by atoms with Gasteiger partial charge in [-0.15, -0.1) is 0 Å². The minimum atomic E-state index is -0.954. The lowest BCUT2D eigenvalue weighted by molar-refractivity contribution is 0.0697. The Morgan fingerprint density at radius 2 is 1.79 bits per heavy atom. The van der Waals surface area contributed by atoms with Crippen molar-refractivity contribution in [3.63, 3.8) is 0 Å². The molecule has 0 spiro atoms. The molecule has 2 rings (SSSR count). The van der Waals surface area contributed by atoms with E-state index in [1.54, 1.807) is 36.5 Å². The summed E-state index contributed by atoms with van der Waals surface area (Å²) in [5.74, 6) is -0.954. The van der Waals surface area contributed by atoms with E-state index in [2.05, 4.69) is 4.99 Å². The first-order chi connectivity index (χ1) is 9.06. The summed E-state index contributed by atoms with van der Waals surface area (Å²) < 4.78 is 0. The van der Waals surface area contributed by atoms with Gasteiger partial charge in [0.05, 0.1) is 16.3 Å².